The van der Waals surface area contributed by atoms with Crippen LogP contribution in [0.25, 0.3) is 0 Å². The molecule has 1 N–H and O–H groups in total. The highest BCUT2D eigenvalue weighted by molar-refractivity contribution is 5.38. The predicted molar refractivity (Wildman–Crippen MR) is 65.5 cm³/mol. The number of rotatable bonds is 3. The van der Waals surface area contributed by atoms with Gasteiger partial charge in [-0.2, -0.15) is 0 Å². The Bertz CT molecular complexity index is 340. The smallest absolute Gasteiger partial charge is 0.147 e. The fourth-order valence-corrected chi connectivity index (χ4v) is 2.24. The van der Waals surface area contributed by atoms with Gasteiger partial charge in [0.1, 0.15) is 5.82 Å². The van der Waals surface area contributed by atoms with E-state index in [1.807, 2.05) is 19.4 Å². The van der Waals surface area contributed by atoms with Crippen LogP contribution in [-0.2, 0) is 6.54 Å². The first-order chi connectivity index (χ1) is 7.81. The molecule has 0 radical (unpaired) electrons. The summed E-state index contributed by atoms with van der Waals surface area (Å²) in [5.74, 6) is 1.03. The zero-order valence-electron chi connectivity index (χ0n) is 10.1. The molecule has 0 aliphatic carbocycles. The molecule has 4 nitrogen and oxygen atoms in total. The molecule has 0 spiro atoms. The Hall–Kier alpha value is -1.16. The van der Waals surface area contributed by atoms with Crippen LogP contribution in [0.4, 0.5) is 5.82 Å². The molecule has 1 atom stereocenters. The minimum Gasteiger partial charge on any atom is -0.353 e. The molecule has 0 amide bonds. The number of anilines is 1. The fraction of sp³-hybridized carbons (Fsp3) is 0.667. The van der Waals surface area contributed by atoms with Crippen molar-refractivity contribution in [2.45, 2.75) is 38.8 Å². The van der Waals surface area contributed by atoms with Crippen molar-refractivity contribution in [3.63, 3.8) is 0 Å². The molecule has 16 heavy (non-hydrogen) atoms. The van der Waals surface area contributed by atoms with Gasteiger partial charge in [0.15, 0.2) is 0 Å². The van der Waals surface area contributed by atoms with Crippen LogP contribution in [0.15, 0.2) is 12.4 Å². The van der Waals surface area contributed by atoms with Crippen LogP contribution in [0.1, 0.15) is 31.9 Å². The standard InChI is InChI=1S/C12H20N4/c1-10-5-3-4-6-16(10)12-9-14-8-11(15-12)7-13-2/h8-10,13H,3-7H2,1-2H3. The minimum absolute atomic E-state index is 0.591. The van der Waals surface area contributed by atoms with Crippen molar-refractivity contribution in [2.24, 2.45) is 0 Å². The van der Waals surface area contributed by atoms with Gasteiger partial charge < -0.3 is 10.2 Å². The SMILES string of the molecule is CNCc1cncc(N2CCCCC2C)n1. The molecule has 1 fully saturated rings. The molecule has 1 unspecified atom stereocenters. The van der Waals surface area contributed by atoms with Crippen LogP contribution in [-0.4, -0.2) is 29.6 Å². The Balaban J connectivity index is 2.15. The van der Waals surface area contributed by atoms with E-state index in [-0.39, 0.29) is 0 Å². The summed E-state index contributed by atoms with van der Waals surface area (Å²) in [7, 11) is 1.93. The van der Waals surface area contributed by atoms with E-state index in [2.05, 4.69) is 27.1 Å². The van der Waals surface area contributed by atoms with Gasteiger partial charge in [-0.1, -0.05) is 0 Å². The zero-order valence-corrected chi connectivity index (χ0v) is 10.1. The lowest BCUT2D eigenvalue weighted by molar-refractivity contribution is 0.480. The van der Waals surface area contributed by atoms with Gasteiger partial charge in [0.2, 0.25) is 0 Å². The molecule has 1 aliphatic heterocycles. The molecule has 88 valence electrons. The van der Waals surface area contributed by atoms with E-state index in [9.17, 15) is 0 Å². The number of nitrogens with one attached hydrogen (secondary N) is 1. The third-order valence-electron chi connectivity index (χ3n) is 3.13. The van der Waals surface area contributed by atoms with Crippen LogP contribution < -0.4 is 10.2 Å². The highest BCUT2D eigenvalue weighted by Gasteiger charge is 2.19. The van der Waals surface area contributed by atoms with Gasteiger partial charge in [-0.3, -0.25) is 4.98 Å². The first kappa shape index (κ1) is 11.3. The van der Waals surface area contributed by atoms with E-state index < -0.39 is 0 Å². The van der Waals surface area contributed by atoms with Gasteiger partial charge in [0.05, 0.1) is 11.9 Å². The van der Waals surface area contributed by atoms with E-state index in [0.29, 0.717) is 6.04 Å². The lowest BCUT2D eigenvalue weighted by Crippen LogP contribution is -2.38. The average Bonchev–Trinajstić information content (AvgIpc) is 2.30. The molecule has 4 heteroatoms. The van der Waals surface area contributed by atoms with Gasteiger partial charge >= 0.3 is 0 Å². The Kier molecular flexibility index (Phi) is 3.72. The van der Waals surface area contributed by atoms with E-state index >= 15 is 0 Å². The first-order valence-corrected chi connectivity index (χ1v) is 6.03. The Morgan fingerprint density at radius 2 is 2.31 bits per heavy atom. The summed E-state index contributed by atoms with van der Waals surface area (Å²) in [6.07, 6.45) is 7.57. The predicted octanol–water partition coefficient (Wildman–Crippen LogP) is 1.57. The van der Waals surface area contributed by atoms with Gasteiger partial charge in [0, 0.05) is 25.3 Å². The normalized spacial score (nSPS) is 21.1. The molecule has 1 aliphatic rings. The molecule has 1 saturated heterocycles. The molecule has 0 aromatic carbocycles. The first-order valence-electron chi connectivity index (χ1n) is 6.03. The van der Waals surface area contributed by atoms with Crippen molar-refractivity contribution in [3.8, 4) is 0 Å². The monoisotopic (exact) mass is 220 g/mol. The largest absolute Gasteiger partial charge is 0.353 e. The molecule has 1 aromatic rings. The zero-order chi connectivity index (χ0) is 11.4. The summed E-state index contributed by atoms with van der Waals surface area (Å²) in [5.41, 5.74) is 1.01. The van der Waals surface area contributed by atoms with E-state index in [4.69, 9.17) is 0 Å². The lowest BCUT2D eigenvalue weighted by atomic mass is 10.0. The summed E-state index contributed by atoms with van der Waals surface area (Å²) in [5, 5.41) is 3.10. The molecular formula is C12H20N4. The van der Waals surface area contributed by atoms with Crippen molar-refractivity contribution in [2.75, 3.05) is 18.5 Å². The molecule has 2 heterocycles. The van der Waals surface area contributed by atoms with Crippen LogP contribution in [0.5, 0.6) is 0 Å². The Morgan fingerprint density at radius 1 is 1.44 bits per heavy atom. The topological polar surface area (TPSA) is 41.1 Å². The molecule has 2 rings (SSSR count). The fourth-order valence-electron chi connectivity index (χ4n) is 2.24. The third kappa shape index (κ3) is 2.50. The maximum absolute atomic E-state index is 4.64. The van der Waals surface area contributed by atoms with Crippen LogP contribution in [0, 0.1) is 0 Å². The van der Waals surface area contributed by atoms with Crippen molar-refractivity contribution in [3.05, 3.63) is 18.1 Å². The van der Waals surface area contributed by atoms with Crippen LogP contribution >= 0.6 is 0 Å². The van der Waals surface area contributed by atoms with E-state index in [1.165, 1.54) is 19.3 Å². The molecule has 1 aromatic heterocycles. The Morgan fingerprint density at radius 3 is 3.06 bits per heavy atom. The summed E-state index contributed by atoms with van der Waals surface area (Å²) < 4.78 is 0. The lowest BCUT2D eigenvalue weighted by Gasteiger charge is -2.34. The summed E-state index contributed by atoms with van der Waals surface area (Å²) >= 11 is 0. The van der Waals surface area contributed by atoms with E-state index in [0.717, 1.165) is 24.6 Å². The quantitative estimate of drug-likeness (QED) is 0.839. The molecular weight excluding hydrogens is 200 g/mol. The van der Waals surface area contributed by atoms with Gasteiger partial charge in [-0.05, 0) is 33.2 Å². The van der Waals surface area contributed by atoms with Crippen molar-refractivity contribution >= 4 is 5.82 Å². The second kappa shape index (κ2) is 5.25. The van der Waals surface area contributed by atoms with Gasteiger partial charge in [-0.15, -0.1) is 0 Å². The summed E-state index contributed by atoms with van der Waals surface area (Å²) in [6.45, 7) is 4.16. The summed E-state index contributed by atoms with van der Waals surface area (Å²) in [4.78, 5) is 11.3. The molecule has 0 saturated carbocycles. The number of hydrogen-bond acceptors (Lipinski definition) is 4. The Labute approximate surface area is 97.1 Å². The third-order valence-corrected chi connectivity index (χ3v) is 3.13. The second-order valence-corrected chi connectivity index (χ2v) is 4.44. The summed E-state index contributed by atoms with van der Waals surface area (Å²) in [6, 6.07) is 0.591. The average molecular weight is 220 g/mol. The molecule has 0 bridgehead atoms. The number of hydrogen-bond donors (Lipinski definition) is 1. The number of piperidine rings is 1. The minimum atomic E-state index is 0.591. The number of nitrogens with zero attached hydrogens (tertiary/aromatic N) is 3. The maximum atomic E-state index is 4.64. The van der Waals surface area contributed by atoms with E-state index in [1.54, 1.807) is 0 Å². The van der Waals surface area contributed by atoms with Gasteiger partial charge in [0.25, 0.3) is 0 Å². The second-order valence-electron chi connectivity index (χ2n) is 4.44. The van der Waals surface area contributed by atoms with Crippen molar-refractivity contribution < 1.29 is 0 Å². The number of aromatic nitrogens is 2. The highest BCUT2D eigenvalue weighted by atomic mass is 15.2. The van der Waals surface area contributed by atoms with Crippen molar-refractivity contribution in [1.29, 1.82) is 0 Å². The van der Waals surface area contributed by atoms with Crippen LogP contribution in [0.3, 0.4) is 0 Å². The van der Waals surface area contributed by atoms with Crippen molar-refractivity contribution in [1.82, 2.24) is 15.3 Å². The highest BCUT2D eigenvalue weighted by Crippen LogP contribution is 2.22. The van der Waals surface area contributed by atoms with Crippen LogP contribution in [0.2, 0.25) is 0 Å². The maximum Gasteiger partial charge on any atom is 0.147 e. The van der Waals surface area contributed by atoms with Gasteiger partial charge in [-0.25, -0.2) is 4.98 Å².